The molecule has 0 bridgehead atoms. The lowest BCUT2D eigenvalue weighted by atomic mass is 10.3. The number of thiophene rings is 1. The number of carboxylic acids is 1. The van der Waals surface area contributed by atoms with Gasteiger partial charge in [0.05, 0.1) is 0 Å². The first-order valence-electron chi connectivity index (χ1n) is 5.71. The van der Waals surface area contributed by atoms with E-state index in [0.29, 0.717) is 6.54 Å². The highest BCUT2D eigenvalue weighted by Gasteiger charge is 2.14. The zero-order valence-corrected chi connectivity index (χ0v) is 11.3. The molecule has 0 spiro atoms. The van der Waals surface area contributed by atoms with Crippen LogP contribution in [0.3, 0.4) is 0 Å². The van der Waals surface area contributed by atoms with Crippen molar-refractivity contribution in [3.8, 4) is 0 Å². The largest absolute Gasteiger partial charge is 0.477 e. The standard InChI is InChI=1S/C13H14N2O3S/c1-14(7-10-4-6-19-9-10)12(16)8-15-5-2-3-11(15)13(17)18/h2-6,9H,7-8H2,1H3,(H,17,18). The average Bonchev–Trinajstić information content (AvgIpc) is 2.99. The number of aromatic carboxylic acids is 1. The van der Waals surface area contributed by atoms with Crippen molar-refractivity contribution < 1.29 is 14.7 Å². The number of likely N-dealkylation sites (N-methyl/N-ethyl adjacent to an activating group) is 1. The van der Waals surface area contributed by atoms with Crippen molar-refractivity contribution in [3.05, 3.63) is 46.4 Å². The second-order valence-corrected chi connectivity index (χ2v) is 4.99. The molecule has 1 amide bonds. The Kier molecular flexibility index (Phi) is 4.01. The monoisotopic (exact) mass is 278 g/mol. The van der Waals surface area contributed by atoms with Gasteiger partial charge >= 0.3 is 5.97 Å². The molecule has 0 aliphatic heterocycles. The summed E-state index contributed by atoms with van der Waals surface area (Å²) in [6.45, 7) is 0.571. The van der Waals surface area contributed by atoms with Gasteiger partial charge in [-0.1, -0.05) is 0 Å². The minimum absolute atomic E-state index is 0.0370. The quantitative estimate of drug-likeness (QED) is 0.908. The van der Waals surface area contributed by atoms with E-state index in [2.05, 4.69) is 0 Å². The van der Waals surface area contributed by atoms with Gasteiger partial charge < -0.3 is 14.6 Å². The number of carbonyl (C=O) groups is 2. The van der Waals surface area contributed by atoms with Crippen LogP contribution in [0.4, 0.5) is 0 Å². The number of carbonyl (C=O) groups excluding carboxylic acids is 1. The molecule has 2 aromatic heterocycles. The maximum absolute atomic E-state index is 12.0. The molecular formula is C13H14N2O3S. The van der Waals surface area contributed by atoms with Gasteiger partial charge in [0.25, 0.3) is 0 Å². The van der Waals surface area contributed by atoms with Gasteiger partial charge in [0, 0.05) is 19.8 Å². The smallest absolute Gasteiger partial charge is 0.352 e. The number of amides is 1. The highest BCUT2D eigenvalue weighted by molar-refractivity contribution is 7.07. The Hall–Kier alpha value is -2.08. The molecule has 0 aliphatic rings. The molecule has 2 aromatic rings. The zero-order valence-electron chi connectivity index (χ0n) is 10.4. The van der Waals surface area contributed by atoms with Crippen molar-refractivity contribution >= 4 is 23.2 Å². The lowest BCUT2D eigenvalue weighted by molar-refractivity contribution is -0.131. The van der Waals surface area contributed by atoms with Crippen LogP contribution in [0.25, 0.3) is 0 Å². The van der Waals surface area contributed by atoms with Crippen molar-refractivity contribution in [2.45, 2.75) is 13.1 Å². The maximum Gasteiger partial charge on any atom is 0.352 e. The summed E-state index contributed by atoms with van der Waals surface area (Å²) in [5.41, 5.74) is 1.20. The van der Waals surface area contributed by atoms with Crippen molar-refractivity contribution in [2.24, 2.45) is 0 Å². The molecule has 19 heavy (non-hydrogen) atoms. The first kappa shape index (κ1) is 13.4. The molecule has 2 heterocycles. The topological polar surface area (TPSA) is 62.5 Å². The number of nitrogens with zero attached hydrogens (tertiary/aromatic N) is 2. The maximum atomic E-state index is 12.0. The Bertz CT molecular complexity index is 574. The molecule has 0 saturated heterocycles. The second-order valence-electron chi connectivity index (χ2n) is 4.21. The highest BCUT2D eigenvalue weighted by atomic mass is 32.1. The molecule has 0 fully saturated rings. The Morgan fingerprint density at radius 3 is 2.84 bits per heavy atom. The predicted octanol–water partition coefficient (Wildman–Crippen LogP) is 1.91. The lowest BCUT2D eigenvalue weighted by Gasteiger charge is -2.17. The van der Waals surface area contributed by atoms with Crippen LogP contribution in [0.1, 0.15) is 16.1 Å². The number of aromatic nitrogens is 1. The average molecular weight is 278 g/mol. The van der Waals surface area contributed by atoms with Gasteiger partial charge in [0.1, 0.15) is 12.2 Å². The molecule has 0 unspecified atom stereocenters. The van der Waals surface area contributed by atoms with E-state index in [1.165, 1.54) is 10.6 Å². The van der Waals surface area contributed by atoms with Gasteiger partial charge in [-0.2, -0.15) is 11.3 Å². The molecule has 100 valence electrons. The summed E-state index contributed by atoms with van der Waals surface area (Å²) >= 11 is 1.58. The van der Waals surface area contributed by atoms with Crippen molar-refractivity contribution in [3.63, 3.8) is 0 Å². The van der Waals surface area contributed by atoms with Crippen molar-refractivity contribution in [1.82, 2.24) is 9.47 Å². The number of hydrogen-bond donors (Lipinski definition) is 1. The molecule has 0 atom stereocenters. The SMILES string of the molecule is CN(Cc1ccsc1)C(=O)Cn1cccc1C(=O)O. The van der Waals surface area contributed by atoms with E-state index in [9.17, 15) is 9.59 Å². The fourth-order valence-corrected chi connectivity index (χ4v) is 2.42. The Labute approximate surface area is 114 Å². The van der Waals surface area contributed by atoms with Crippen LogP contribution in [0, 0.1) is 0 Å². The van der Waals surface area contributed by atoms with Crippen LogP contribution < -0.4 is 0 Å². The molecule has 0 saturated carbocycles. The Morgan fingerprint density at radius 1 is 1.42 bits per heavy atom. The van der Waals surface area contributed by atoms with E-state index < -0.39 is 5.97 Å². The second kappa shape index (κ2) is 5.71. The van der Waals surface area contributed by atoms with Crippen molar-refractivity contribution in [2.75, 3.05) is 7.05 Å². The summed E-state index contributed by atoms with van der Waals surface area (Å²) in [4.78, 5) is 24.6. The molecule has 6 heteroatoms. The minimum atomic E-state index is -1.03. The van der Waals surface area contributed by atoms with Crippen LogP contribution in [0.15, 0.2) is 35.2 Å². The fourth-order valence-electron chi connectivity index (χ4n) is 1.76. The Morgan fingerprint density at radius 2 is 2.21 bits per heavy atom. The Balaban J connectivity index is 2.00. The summed E-state index contributed by atoms with van der Waals surface area (Å²) in [6, 6.07) is 5.07. The van der Waals surface area contributed by atoms with Crippen LogP contribution in [-0.2, 0) is 17.9 Å². The van der Waals surface area contributed by atoms with E-state index in [1.807, 2.05) is 16.8 Å². The fraction of sp³-hybridized carbons (Fsp3) is 0.231. The third-order valence-electron chi connectivity index (χ3n) is 2.78. The molecular weight excluding hydrogens is 264 g/mol. The van der Waals surface area contributed by atoms with E-state index in [0.717, 1.165) is 5.56 Å². The number of hydrogen-bond acceptors (Lipinski definition) is 3. The zero-order chi connectivity index (χ0) is 13.8. The van der Waals surface area contributed by atoms with Crippen molar-refractivity contribution in [1.29, 1.82) is 0 Å². The van der Waals surface area contributed by atoms with Gasteiger partial charge in [-0.15, -0.1) is 0 Å². The van der Waals surface area contributed by atoms with Crippen LogP contribution >= 0.6 is 11.3 Å². The van der Waals surface area contributed by atoms with Gasteiger partial charge in [-0.05, 0) is 34.5 Å². The minimum Gasteiger partial charge on any atom is -0.477 e. The molecule has 5 nitrogen and oxygen atoms in total. The summed E-state index contributed by atoms with van der Waals surface area (Å²) in [7, 11) is 1.71. The summed E-state index contributed by atoms with van der Waals surface area (Å²) in [5.74, 6) is -1.15. The van der Waals surface area contributed by atoms with Gasteiger partial charge in [-0.3, -0.25) is 4.79 Å². The summed E-state index contributed by atoms with van der Waals surface area (Å²) in [6.07, 6.45) is 1.60. The van der Waals surface area contributed by atoms with Crippen LogP contribution in [0.2, 0.25) is 0 Å². The van der Waals surface area contributed by atoms with Gasteiger partial charge in [0.2, 0.25) is 5.91 Å². The van der Waals surface area contributed by atoms with Crippen LogP contribution in [0.5, 0.6) is 0 Å². The predicted molar refractivity (Wildman–Crippen MR) is 72.2 cm³/mol. The van der Waals surface area contributed by atoms with Crippen LogP contribution in [-0.4, -0.2) is 33.5 Å². The molecule has 0 radical (unpaired) electrons. The number of rotatable bonds is 5. The van der Waals surface area contributed by atoms with E-state index >= 15 is 0 Å². The van der Waals surface area contributed by atoms with Gasteiger partial charge in [-0.25, -0.2) is 4.79 Å². The first-order chi connectivity index (χ1) is 9.08. The molecule has 2 rings (SSSR count). The van der Waals surface area contributed by atoms with E-state index in [-0.39, 0.29) is 18.1 Å². The van der Waals surface area contributed by atoms with E-state index in [1.54, 1.807) is 35.5 Å². The highest BCUT2D eigenvalue weighted by Crippen LogP contribution is 2.09. The van der Waals surface area contributed by atoms with Gasteiger partial charge in [0.15, 0.2) is 0 Å². The normalized spacial score (nSPS) is 10.4. The third kappa shape index (κ3) is 3.23. The number of carboxylic acid groups (broad SMARTS) is 1. The van der Waals surface area contributed by atoms with E-state index in [4.69, 9.17) is 5.11 Å². The lowest BCUT2D eigenvalue weighted by Crippen LogP contribution is -2.30. The molecule has 0 aliphatic carbocycles. The summed E-state index contributed by atoms with van der Waals surface area (Å²) < 4.78 is 1.44. The first-order valence-corrected chi connectivity index (χ1v) is 6.65. The molecule has 0 aromatic carbocycles. The summed E-state index contributed by atoms with van der Waals surface area (Å²) in [5, 5.41) is 12.9. The molecule has 1 N–H and O–H groups in total. The third-order valence-corrected chi connectivity index (χ3v) is 3.51.